The topological polar surface area (TPSA) is 120 Å². The highest BCUT2D eigenvalue weighted by molar-refractivity contribution is 7.92. The predicted octanol–water partition coefficient (Wildman–Crippen LogP) is 2.69. The fraction of sp³-hybridized carbons (Fsp3) is 0.118. The summed E-state index contributed by atoms with van der Waals surface area (Å²) in [6, 6.07) is 13.3. The third kappa shape index (κ3) is 4.06. The number of benzene rings is 2. The lowest BCUT2D eigenvalue weighted by atomic mass is 10.1. The molecule has 0 amide bonds. The van der Waals surface area contributed by atoms with E-state index in [-0.39, 0.29) is 17.9 Å². The number of sulfonamides is 1. The maximum absolute atomic E-state index is 12.3. The molecule has 0 radical (unpaired) electrons. The molecular weight excluding hydrogens is 360 g/mol. The van der Waals surface area contributed by atoms with Crippen molar-refractivity contribution in [3.8, 4) is 0 Å². The van der Waals surface area contributed by atoms with Crippen LogP contribution in [-0.2, 0) is 16.4 Å². The first-order valence-electron chi connectivity index (χ1n) is 7.61. The van der Waals surface area contributed by atoms with Gasteiger partial charge in [-0.1, -0.05) is 18.2 Å². The number of hydrogen-bond donors (Lipinski definition) is 1. The van der Waals surface area contributed by atoms with Crippen LogP contribution in [0.4, 0.5) is 11.4 Å². The molecular formula is C17H14N2O6S. The minimum Gasteiger partial charge on any atom is -0.423 e. The summed E-state index contributed by atoms with van der Waals surface area (Å²) in [6.45, 7) is 0. The third-order valence-corrected chi connectivity index (χ3v) is 5.01. The van der Waals surface area contributed by atoms with Crippen LogP contribution in [0.5, 0.6) is 0 Å². The summed E-state index contributed by atoms with van der Waals surface area (Å²) in [5.41, 5.74) is 0.413. The number of nitro groups is 1. The molecule has 26 heavy (non-hydrogen) atoms. The molecule has 0 saturated heterocycles. The van der Waals surface area contributed by atoms with Crippen molar-refractivity contribution in [3.63, 3.8) is 0 Å². The number of hydrogen-bond acceptors (Lipinski definition) is 6. The maximum atomic E-state index is 12.3. The number of anilines is 1. The molecule has 3 rings (SSSR count). The highest BCUT2D eigenvalue weighted by Gasteiger charge is 2.17. The van der Waals surface area contributed by atoms with Gasteiger partial charge in [0.25, 0.3) is 5.69 Å². The van der Waals surface area contributed by atoms with Crippen molar-refractivity contribution < 1.29 is 17.8 Å². The van der Waals surface area contributed by atoms with Crippen LogP contribution in [-0.4, -0.2) is 19.1 Å². The van der Waals surface area contributed by atoms with Crippen molar-refractivity contribution >= 4 is 32.4 Å². The van der Waals surface area contributed by atoms with Gasteiger partial charge in [-0.15, -0.1) is 0 Å². The minimum atomic E-state index is -3.72. The average Bonchev–Trinajstić information content (AvgIpc) is 2.60. The summed E-state index contributed by atoms with van der Waals surface area (Å²) >= 11 is 0. The number of aryl methyl sites for hydroxylation is 1. The van der Waals surface area contributed by atoms with E-state index in [2.05, 4.69) is 4.72 Å². The van der Waals surface area contributed by atoms with Crippen LogP contribution in [0, 0.1) is 10.1 Å². The van der Waals surface area contributed by atoms with E-state index in [1.54, 1.807) is 12.1 Å². The van der Waals surface area contributed by atoms with Crippen LogP contribution in [0.25, 0.3) is 11.0 Å². The monoisotopic (exact) mass is 374 g/mol. The number of fused-ring (bicyclic) bond motifs is 1. The minimum absolute atomic E-state index is 0.00887. The second-order valence-corrected chi connectivity index (χ2v) is 7.41. The third-order valence-electron chi connectivity index (χ3n) is 3.72. The molecule has 1 N–H and O–H groups in total. The summed E-state index contributed by atoms with van der Waals surface area (Å²) in [6.07, 6.45) is 0.00887. The summed E-state index contributed by atoms with van der Waals surface area (Å²) in [7, 11) is -3.72. The maximum Gasteiger partial charge on any atom is 0.336 e. The van der Waals surface area contributed by atoms with Gasteiger partial charge in [-0.2, -0.15) is 0 Å². The Morgan fingerprint density at radius 1 is 1.08 bits per heavy atom. The molecule has 0 aliphatic rings. The summed E-state index contributed by atoms with van der Waals surface area (Å²) in [4.78, 5) is 21.6. The van der Waals surface area contributed by atoms with E-state index in [4.69, 9.17) is 4.42 Å². The van der Waals surface area contributed by atoms with Gasteiger partial charge in [-0.25, -0.2) is 13.2 Å². The number of nitro benzene ring substituents is 1. The molecule has 134 valence electrons. The summed E-state index contributed by atoms with van der Waals surface area (Å²) in [5.74, 6) is -0.306. The molecule has 2 aromatic carbocycles. The molecule has 0 aliphatic heterocycles. The number of nitrogens with one attached hydrogen (secondary N) is 1. The van der Waals surface area contributed by atoms with Crippen LogP contribution in [0.1, 0.15) is 5.56 Å². The summed E-state index contributed by atoms with van der Waals surface area (Å²) in [5, 5.41) is 11.6. The second-order valence-electron chi connectivity index (χ2n) is 5.56. The van der Waals surface area contributed by atoms with Crippen LogP contribution in [0.3, 0.4) is 0 Å². The SMILES string of the molecule is O=c1ccc2cc(NS(=O)(=O)CCc3ccccc3[N+](=O)[O-])ccc2o1. The summed E-state index contributed by atoms with van der Waals surface area (Å²) < 4.78 is 32.0. The first-order chi connectivity index (χ1) is 12.3. The zero-order valence-electron chi connectivity index (χ0n) is 13.4. The zero-order chi connectivity index (χ0) is 18.7. The number of nitrogens with zero attached hydrogens (tertiary/aromatic N) is 1. The zero-order valence-corrected chi connectivity index (χ0v) is 14.2. The fourth-order valence-electron chi connectivity index (χ4n) is 2.51. The highest BCUT2D eigenvalue weighted by atomic mass is 32.2. The smallest absolute Gasteiger partial charge is 0.336 e. The molecule has 3 aromatic rings. The predicted molar refractivity (Wildman–Crippen MR) is 96.7 cm³/mol. The normalized spacial score (nSPS) is 11.4. The van der Waals surface area contributed by atoms with Crippen molar-refractivity contribution in [3.05, 3.63) is 80.7 Å². The quantitative estimate of drug-likeness (QED) is 0.402. The fourth-order valence-corrected chi connectivity index (χ4v) is 3.59. The van der Waals surface area contributed by atoms with E-state index < -0.39 is 20.6 Å². The molecule has 1 heterocycles. The van der Waals surface area contributed by atoms with Crippen molar-refractivity contribution in [2.45, 2.75) is 6.42 Å². The molecule has 0 fully saturated rings. The van der Waals surface area contributed by atoms with E-state index in [1.165, 1.54) is 42.5 Å². The van der Waals surface area contributed by atoms with Crippen LogP contribution in [0.2, 0.25) is 0 Å². The Morgan fingerprint density at radius 3 is 2.62 bits per heavy atom. The number of rotatable bonds is 6. The highest BCUT2D eigenvalue weighted by Crippen LogP contribution is 2.21. The van der Waals surface area contributed by atoms with E-state index in [1.807, 2.05) is 0 Å². The van der Waals surface area contributed by atoms with Crippen LogP contribution < -0.4 is 10.3 Å². The lowest BCUT2D eigenvalue weighted by Crippen LogP contribution is -2.18. The Hall–Kier alpha value is -3.20. The van der Waals surface area contributed by atoms with Crippen molar-refractivity contribution in [1.29, 1.82) is 0 Å². The van der Waals surface area contributed by atoms with Gasteiger partial charge < -0.3 is 4.42 Å². The Balaban J connectivity index is 1.76. The Morgan fingerprint density at radius 2 is 1.85 bits per heavy atom. The van der Waals surface area contributed by atoms with E-state index in [0.29, 0.717) is 22.2 Å². The van der Waals surface area contributed by atoms with Gasteiger partial charge in [0.2, 0.25) is 10.0 Å². The van der Waals surface area contributed by atoms with Crippen molar-refractivity contribution in [2.75, 3.05) is 10.5 Å². The Kier molecular flexibility index (Phi) is 4.72. The molecule has 1 aromatic heterocycles. The van der Waals surface area contributed by atoms with Gasteiger partial charge in [0.1, 0.15) is 5.58 Å². The average molecular weight is 374 g/mol. The molecule has 0 atom stereocenters. The second kappa shape index (κ2) is 6.96. The van der Waals surface area contributed by atoms with Crippen molar-refractivity contribution in [1.82, 2.24) is 0 Å². The Bertz CT molecular complexity index is 1140. The molecule has 0 unspecified atom stereocenters. The van der Waals surface area contributed by atoms with Crippen molar-refractivity contribution in [2.24, 2.45) is 0 Å². The standard InChI is InChI=1S/C17H14N2O6S/c20-17-8-5-13-11-14(6-7-16(13)25-17)18-26(23,24)10-9-12-3-1-2-4-15(12)19(21)22/h1-8,11,18H,9-10H2. The molecule has 0 aliphatic carbocycles. The van der Waals surface area contributed by atoms with E-state index >= 15 is 0 Å². The molecule has 8 nitrogen and oxygen atoms in total. The number of para-hydroxylation sites is 1. The van der Waals surface area contributed by atoms with Crippen LogP contribution >= 0.6 is 0 Å². The van der Waals surface area contributed by atoms with Gasteiger partial charge in [-0.3, -0.25) is 14.8 Å². The first-order valence-corrected chi connectivity index (χ1v) is 9.26. The molecule has 9 heteroatoms. The van der Waals surface area contributed by atoms with Gasteiger partial charge >= 0.3 is 5.63 Å². The van der Waals surface area contributed by atoms with Crippen LogP contribution in [0.15, 0.2) is 63.8 Å². The van der Waals surface area contributed by atoms with E-state index in [9.17, 15) is 23.3 Å². The molecule has 0 spiro atoms. The van der Waals surface area contributed by atoms with Gasteiger partial charge in [0.05, 0.1) is 10.7 Å². The molecule has 0 saturated carbocycles. The van der Waals surface area contributed by atoms with E-state index in [0.717, 1.165) is 0 Å². The van der Waals surface area contributed by atoms with Gasteiger partial charge in [-0.05, 0) is 30.7 Å². The lowest BCUT2D eigenvalue weighted by molar-refractivity contribution is -0.385. The largest absolute Gasteiger partial charge is 0.423 e. The lowest BCUT2D eigenvalue weighted by Gasteiger charge is -2.09. The van der Waals surface area contributed by atoms with Gasteiger partial charge in [0, 0.05) is 28.8 Å². The van der Waals surface area contributed by atoms with Gasteiger partial charge in [0.15, 0.2) is 0 Å². The Labute approximate surface area is 148 Å². The first kappa shape index (κ1) is 17.6. The molecule has 0 bridgehead atoms.